The Morgan fingerprint density at radius 3 is 2.43 bits per heavy atom. The molecule has 0 spiro atoms. The number of halogens is 4. The number of amides is 3. The van der Waals surface area contributed by atoms with E-state index in [9.17, 15) is 27.2 Å². The number of hydrogen-bond acceptors (Lipinski definition) is 5. The number of aromatic nitrogens is 2. The molecule has 0 bridgehead atoms. The first-order valence-corrected chi connectivity index (χ1v) is 10.4. The predicted octanol–water partition coefficient (Wildman–Crippen LogP) is 5.65. The van der Waals surface area contributed by atoms with E-state index in [4.69, 9.17) is 4.74 Å². The van der Waals surface area contributed by atoms with Crippen molar-refractivity contribution in [2.75, 3.05) is 16.0 Å². The molecular weight excluding hydrogens is 470 g/mol. The van der Waals surface area contributed by atoms with Crippen molar-refractivity contribution >= 4 is 29.1 Å². The van der Waals surface area contributed by atoms with Crippen molar-refractivity contribution in [2.24, 2.45) is 5.92 Å². The van der Waals surface area contributed by atoms with E-state index < -0.39 is 34.8 Å². The van der Waals surface area contributed by atoms with Crippen LogP contribution in [0.4, 0.5) is 39.5 Å². The Labute approximate surface area is 196 Å². The molecule has 12 heteroatoms. The molecule has 182 valence electrons. The van der Waals surface area contributed by atoms with Crippen LogP contribution in [-0.4, -0.2) is 21.9 Å². The van der Waals surface area contributed by atoms with E-state index in [-0.39, 0.29) is 35.0 Å². The van der Waals surface area contributed by atoms with Gasteiger partial charge in [0, 0.05) is 36.2 Å². The van der Waals surface area contributed by atoms with Crippen molar-refractivity contribution in [3.8, 4) is 11.6 Å². The highest BCUT2D eigenvalue weighted by atomic mass is 19.3. The number of urea groups is 1. The molecule has 2 aromatic carbocycles. The van der Waals surface area contributed by atoms with Gasteiger partial charge in [-0.1, -0.05) is 6.07 Å². The molecular formula is C23H19F4N5O3. The van der Waals surface area contributed by atoms with Crippen molar-refractivity contribution in [3.05, 3.63) is 66.0 Å². The number of nitrogens with one attached hydrogen (secondary N) is 3. The van der Waals surface area contributed by atoms with E-state index in [1.807, 2.05) is 0 Å². The van der Waals surface area contributed by atoms with Crippen LogP contribution >= 0.6 is 0 Å². The molecule has 0 saturated heterocycles. The summed E-state index contributed by atoms with van der Waals surface area (Å²) in [5.41, 5.74) is -0.957. The highest BCUT2D eigenvalue weighted by molar-refractivity contribution is 6.00. The Balaban J connectivity index is 1.40. The molecule has 0 unspecified atom stereocenters. The van der Waals surface area contributed by atoms with E-state index in [0.29, 0.717) is 6.92 Å². The Hall–Kier alpha value is -4.22. The third kappa shape index (κ3) is 6.22. The van der Waals surface area contributed by atoms with E-state index in [1.54, 1.807) is 0 Å². The van der Waals surface area contributed by atoms with Gasteiger partial charge in [-0.3, -0.25) is 4.79 Å². The molecule has 3 amide bonds. The van der Waals surface area contributed by atoms with Gasteiger partial charge in [-0.15, -0.1) is 0 Å². The number of anilines is 3. The molecule has 4 rings (SSSR count). The monoisotopic (exact) mass is 489 g/mol. The fourth-order valence-corrected chi connectivity index (χ4v) is 2.99. The zero-order chi connectivity index (χ0) is 25.2. The molecule has 35 heavy (non-hydrogen) atoms. The molecule has 0 atom stereocenters. The first-order valence-electron chi connectivity index (χ1n) is 10.4. The topological polar surface area (TPSA) is 105 Å². The van der Waals surface area contributed by atoms with Crippen molar-refractivity contribution in [2.45, 2.75) is 25.7 Å². The Kier molecular flexibility index (Phi) is 6.54. The number of alkyl halides is 2. The minimum atomic E-state index is -3.23. The zero-order valence-electron chi connectivity index (χ0n) is 18.2. The van der Waals surface area contributed by atoms with Crippen LogP contribution < -0.4 is 20.7 Å². The molecule has 0 aliphatic heterocycles. The Morgan fingerprint density at radius 1 is 0.971 bits per heavy atom. The summed E-state index contributed by atoms with van der Waals surface area (Å²) >= 11 is 0. The Bertz CT molecular complexity index is 1280. The standard InChI is InChI=1S/C23H19F4N5O3/c1-23(26,27)13-4-6-15(24)17(8-13)31-22(34)30-14-5-7-18(16(25)9-14)35-20-10-19(28-11-29-20)32-21(33)12-2-3-12/h4-12H,2-3H2,1H3,(H2,30,31,34)(H,28,29,32,33). The van der Waals surface area contributed by atoms with Gasteiger partial charge in [-0.2, -0.15) is 0 Å². The molecule has 0 radical (unpaired) electrons. The van der Waals surface area contributed by atoms with E-state index in [1.165, 1.54) is 18.2 Å². The van der Waals surface area contributed by atoms with Crippen molar-refractivity contribution in [1.82, 2.24) is 9.97 Å². The SMILES string of the molecule is CC(F)(F)c1ccc(F)c(NC(=O)Nc2ccc(Oc3cc(NC(=O)C4CC4)ncn3)c(F)c2)c1. The molecule has 1 aliphatic rings. The number of carbonyl (C=O) groups is 2. The van der Waals surface area contributed by atoms with Crippen LogP contribution in [0.5, 0.6) is 11.6 Å². The molecule has 8 nitrogen and oxygen atoms in total. The fourth-order valence-electron chi connectivity index (χ4n) is 2.99. The molecule has 3 N–H and O–H groups in total. The lowest BCUT2D eigenvalue weighted by atomic mass is 10.1. The summed E-state index contributed by atoms with van der Waals surface area (Å²) in [4.78, 5) is 31.8. The lowest BCUT2D eigenvalue weighted by Gasteiger charge is -2.14. The summed E-state index contributed by atoms with van der Waals surface area (Å²) in [6, 6.07) is 6.37. The molecule has 1 saturated carbocycles. The van der Waals surface area contributed by atoms with Crippen LogP contribution in [0.1, 0.15) is 25.3 Å². The van der Waals surface area contributed by atoms with Crippen LogP contribution in [0.25, 0.3) is 0 Å². The first-order chi connectivity index (χ1) is 16.6. The largest absolute Gasteiger partial charge is 0.436 e. The predicted molar refractivity (Wildman–Crippen MR) is 118 cm³/mol. The molecule has 1 fully saturated rings. The van der Waals surface area contributed by atoms with Gasteiger partial charge in [-0.05, 0) is 37.1 Å². The van der Waals surface area contributed by atoms with Gasteiger partial charge >= 0.3 is 6.03 Å². The Morgan fingerprint density at radius 2 is 1.74 bits per heavy atom. The maximum atomic E-state index is 14.5. The lowest BCUT2D eigenvalue weighted by Crippen LogP contribution is -2.21. The zero-order valence-corrected chi connectivity index (χ0v) is 18.2. The minimum absolute atomic E-state index is 0.00944. The summed E-state index contributed by atoms with van der Waals surface area (Å²) in [6.07, 6.45) is 2.79. The second-order valence-corrected chi connectivity index (χ2v) is 7.91. The second kappa shape index (κ2) is 9.57. The van der Waals surface area contributed by atoms with E-state index in [0.717, 1.165) is 43.4 Å². The van der Waals surface area contributed by atoms with Gasteiger partial charge in [0.25, 0.3) is 5.92 Å². The quantitative estimate of drug-likeness (QED) is 0.372. The minimum Gasteiger partial charge on any atom is -0.436 e. The number of ether oxygens (including phenoxy) is 1. The van der Waals surface area contributed by atoms with Gasteiger partial charge in [0.15, 0.2) is 11.6 Å². The average Bonchev–Trinajstić information content (AvgIpc) is 3.62. The normalized spacial score (nSPS) is 13.2. The van der Waals surface area contributed by atoms with Gasteiger partial charge in [0.1, 0.15) is 18.0 Å². The highest BCUT2D eigenvalue weighted by Crippen LogP contribution is 2.32. The van der Waals surface area contributed by atoms with Crippen molar-refractivity contribution in [1.29, 1.82) is 0 Å². The second-order valence-electron chi connectivity index (χ2n) is 7.91. The van der Waals surface area contributed by atoms with Crippen molar-refractivity contribution in [3.63, 3.8) is 0 Å². The summed E-state index contributed by atoms with van der Waals surface area (Å²) in [5, 5.41) is 7.02. The number of hydrogen-bond donors (Lipinski definition) is 3. The van der Waals surface area contributed by atoms with E-state index in [2.05, 4.69) is 25.9 Å². The molecule has 1 heterocycles. The molecule has 1 aromatic heterocycles. The summed E-state index contributed by atoms with van der Waals surface area (Å²) in [5.74, 6) is -5.23. The lowest BCUT2D eigenvalue weighted by molar-refractivity contribution is -0.117. The fraction of sp³-hybridized carbons (Fsp3) is 0.217. The van der Waals surface area contributed by atoms with Crippen LogP contribution in [-0.2, 0) is 10.7 Å². The van der Waals surface area contributed by atoms with Gasteiger partial charge < -0.3 is 20.7 Å². The number of rotatable bonds is 7. The maximum Gasteiger partial charge on any atom is 0.323 e. The van der Waals surface area contributed by atoms with Crippen LogP contribution in [0.2, 0.25) is 0 Å². The number of carbonyl (C=O) groups excluding carboxylic acids is 2. The third-order valence-corrected chi connectivity index (χ3v) is 4.97. The van der Waals surface area contributed by atoms with E-state index >= 15 is 0 Å². The summed E-state index contributed by atoms with van der Waals surface area (Å²) in [7, 11) is 0. The molecule has 1 aliphatic carbocycles. The molecule has 3 aromatic rings. The van der Waals surface area contributed by atoms with Crippen LogP contribution in [0.3, 0.4) is 0 Å². The third-order valence-electron chi connectivity index (χ3n) is 4.97. The number of nitrogens with zero attached hydrogens (tertiary/aromatic N) is 2. The average molecular weight is 489 g/mol. The van der Waals surface area contributed by atoms with Gasteiger partial charge in [0.05, 0.1) is 5.69 Å². The number of benzene rings is 2. The first kappa shape index (κ1) is 23.9. The van der Waals surface area contributed by atoms with Gasteiger partial charge in [0.2, 0.25) is 11.8 Å². The highest BCUT2D eigenvalue weighted by Gasteiger charge is 2.30. The van der Waals surface area contributed by atoms with Crippen LogP contribution in [0, 0.1) is 17.6 Å². The smallest absolute Gasteiger partial charge is 0.323 e. The van der Waals surface area contributed by atoms with Gasteiger partial charge in [-0.25, -0.2) is 32.3 Å². The summed E-state index contributed by atoms with van der Waals surface area (Å²) < 4.78 is 60.8. The summed E-state index contributed by atoms with van der Waals surface area (Å²) in [6.45, 7) is 0.642. The van der Waals surface area contributed by atoms with Crippen molar-refractivity contribution < 1.29 is 31.9 Å². The van der Waals surface area contributed by atoms with Crippen LogP contribution in [0.15, 0.2) is 48.8 Å². The maximum absolute atomic E-state index is 14.5.